The first-order chi connectivity index (χ1) is 10.1. The summed E-state index contributed by atoms with van der Waals surface area (Å²) in [5, 5.41) is 5.33. The second-order valence-electron chi connectivity index (χ2n) is 4.95. The molecule has 1 aromatic carbocycles. The van der Waals surface area contributed by atoms with Crippen LogP contribution in [0.1, 0.15) is 36.7 Å². The van der Waals surface area contributed by atoms with Gasteiger partial charge in [-0.05, 0) is 47.3 Å². The Morgan fingerprint density at radius 2 is 2.00 bits per heavy atom. The van der Waals surface area contributed by atoms with Crippen LogP contribution in [0, 0.1) is 5.82 Å². The summed E-state index contributed by atoms with van der Waals surface area (Å²) in [6.45, 7) is 4.99. The highest BCUT2D eigenvalue weighted by Crippen LogP contribution is 2.30. The molecule has 1 unspecified atom stereocenters. The van der Waals surface area contributed by atoms with Gasteiger partial charge in [0.2, 0.25) is 0 Å². The van der Waals surface area contributed by atoms with Gasteiger partial charge in [0.25, 0.3) is 0 Å². The van der Waals surface area contributed by atoms with Crippen LogP contribution in [0.3, 0.4) is 0 Å². The first-order valence-corrected chi connectivity index (χ1v) is 9.08. The fourth-order valence-electron chi connectivity index (χ4n) is 2.50. The molecule has 0 aliphatic heterocycles. The molecule has 0 N–H and O–H groups in total. The Balaban J connectivity index is 2.35. The summed E-state index contributed by atoms with van der Waals surface area (Å²) in [6.07, 6.45) is 1.65. The third-order valence-corrected chi connectivity index (χ3v) is 5.36. The summed E-state index contributed by atoms with van der Waals surface area (Å²) >= 11 is 7.19. The van der Waals surface area contributed by atoms with Crippen LogP contribution in [0.25, 0.3) is 0 Å². The lowest BCUT2D eigenvalue weighted by atomic mass is 9.95. The third kappa shape index (κ3) is 3.57. The summed E-state index contributed by atoms with van der Waals surface area (Å²) < 4.78 is 17.1. The highest BCUT2D eigenvalue weighted by molar-refractivity contribution is 9.10. The number of alkyl halides is 1. The van der Waals surface area contributed by atoms with Crippen LogP contribution in [-0.4, -0.2) is 15.1 Å². The van der Waals surface area contributed by atoms with E-state index in [0.717, 1.165) is 46.1 Å². The molecule has 2 rings (SSSR count). The number of hydrogen-bond donors (Lipinski definition) is 0. The number of aryl methyl sites for hydroxylation is 2. The second-order valence-corrected chi connectivity index (χ2v) is 6.39. The highest BCUT2D eigenvalue weighted by Gasteiger charge is 2.21. The SMILES string of the molecule is CCc1nn(CC)c(CC(CBr)c2ccccc2F)c1Br. The van der Waals surface area contributed by atoms with Gasteiger partial charge in [-0.1, -0.05) is 41.1 Å². The van der Waals surface area contributed by atoms with Crippen molar-refractivity contribution in [3.63, 3.8) is 0 Å². The average molecular weight is 418 g/mol. The molecule has 2 aromatic rings. The molecule has 1 atom stereocenters. The zero-order valence-electron chi connectivity index (χ0n) is 12.2. The maximum absolute atomic E-state index is 14.0. The Morgan fingerprint density at radius 3 is 2.57 bits per heavy atom. The zero-order chi connectivity index (χ0) is 15.4. The number of benzene rings is 1. The minimum atomic E-state index is -0.142. The van der Waals surface area contributed by atoms with Crippen molar-refractivity contribution in [1.29, 1.82) is 0 Å². The molecule has 0 aliphatic rings. The predicted molar refractivity (Wildman–Crippen MR) is 91.6 cm³/mol. The van der Waals surface area contributed by atoms with Crippen molar-refractivity contribution in [2.75, 3.05) is 5.33 Å². The lowest BCUT2D eigenvalue weighted by molar-refractivity contribution is 0.566. The number of aromatic nitrogens is 2. The molecule has 0 bridgehead atoms. The van der Waals surface area contributed by atoms with Crippen molar-refractivity contribution < 1.29 is 4.39 Å². The number of rotatable bonds is 6. The summed E-state index contributed by atoms with van der Waals surface area (Å²) in [6, 6.07) is 7.00. The van der Waals surface area contributed by atoms with E-state index in [1.807, 2.05) is 16.8 Å². The average Bonchev–Trinajstić information content (AvgIpc) is 2.81. The summed E-state index contributed by atoms with van der Waals surface area (Å²) in [7, 11) is 0. The molecule has 114 valence electrons. The van der Waals surface area contributed by atoms with Crippen LogP contribution in [0.2, 0.25) is 0 Å². The van der Waals surface area contributed by atoms with Crippen LogP contribution in [0.5, 0.6) is 0 Å². The molecule has 0 spiro atoms. The minimum absolute atomic E-state index is 0.0919. The smallest absolute Gasteiger partial charge is 0.126 e. The van der Waals surface area contributed by atoms with Gasteiger partial charge in [-0.2, -0.15) is 5.10 Å². The molecular weight excluding hydrogens is 399 g/mol. The van der Waals surface area contributed by atoms with Gasteiger partial charge in [-0.3, -0.25) is 4.68 Å². The number of halogens is 3. The van der Waals surface area contributed by atoms with Crippen molar-refractivity contribution >= 4 is 31.9 Å². The van der Waals surface area contributed by atoms with Gasteiger partial charge in [0, 0.05) is 17.8 Å². The zero-order valence-corrected chi connectivity index (χ0v) is 15.4. The standard InChI is InChI=1S/C16H19Br2FN2/c1-3-14-16(18)15(21(4-2)20-14)9-11(10-17)12-7-5-6-8-13(12)19/h5-8,11H,3-4,9-10H2,1-2H3. The summed E-state index contributed by atoms with van der Waals surface area (Å²) in [4.78, 5) is 0. The number of nitrogens with zero attached hydrogens (tertiary/aromatic N) is 2. The van der Waals surface area contributed by atoms with Crippen molar-refractivity contribution in [1.82, 2.24) is 9.78 Å². The van der Waals surface area contributed by atoms with Gasteiger partial charge < -0.3 is 0 Å². The maximum Gasteiger partial charge on any atom is 0.126 e. The van der Waals surface area contributed by atoms with Crippen molar-refractivity contribution in [2.45, 2.75) is 39.2 Å². The van der Waals surface area contributed by atoms with Gasteiger partial charge in [0.05, 0.1) is 15.9 Å². The van der Waals surface area contributed by atoms with Gasteiger partial charge in [-0.25, -0.2) is 4.39 Å². The minimum Gasteiger partial charge on any atom is -0.268 e. The first kappa shape index (κ1) is 16.7. The molecule has 0 saturated carbocycles. The maximum atomic E-state index is 14.0. The van der Waals surface area contributed by atoms with E-state index in [4.69, 9.17) is 0 Å². The molecule has 1 aromatic heterocycles. The van der Waals surface area contributed by atoms with Gasteiger partial charge in [-0.15, -0.1) is 0 Å². The highest BCUT2D eigenvalue weighted by atomic mass is 79.9. The lowest BCUT2D eigenvalue weighted by Crippen LogP contribution is -2.11. The molecule has 0 aliphatic carbocycles. The Hall–Kier alpha value is -0.680. The Morgan fingerprint density at radius 1 is 1.29 bits per heavy atom. The Labute approximate surface area is 142 Å². The van der Waals surface area contributed by atoms with Crippen molar-refractivity contribution in [3.8, 4) is 0 Å². The lowest BCUT2D eigenvalue weighted by Gasteiger charge is -2.16. The molecule has 0 saturated heterocycles. The van der Waals surface area contributed by atoms with Crippen LogP contribution in [-0.2, 0) is 19.4 Å². The van der Waals surface area contributed by atoms with Crippen LogP contribution in [0.4, 0.5) is 4.39 Å². The quantitative estimate of drug-likeness (QED) is 0.598. The van der Waals surface area contributed by atoms with Crippen LogP contribution < -0.4 is 0 Å². The van der Waals surface area contributed by atoms with Crippen molar-refractivity contribution in [3.05, 3.63) is 51.5 Å². The van der Waals surface area contributed by atoms with E-state index < -0.39 is 0 Å². The number of hydrogen-bond acceptors (Lipinski definition) is 1. The largest absolute Gasteiger partial charge is 0.268 e. The molecule has 0 radical (unpaired) electrons. The summed E-state index contributed by atoms with van der Waals surface area (Å²) in [5.74, 6) is -0.0504. The normalized spacial score (nSPS) is 12.6. The fourth-order valence-corrected chi connectivity index (χ4v) is 3.80. The van der Waals surface area contributed by atoms with E-state index >= 15 is 0 Å². The van der Waals surface area contributed by atoms with Crippen molar-refractivity contribution in [2.24, 2.45) is 0 Å². The van der Waals surface area contributed by atoms with Crippen LogP contribution >= 0.6 is 31.9 Å². The van der Waals surface area contributed by atoms with Gasteiger partial charge >= 0.3 is 0 Å². The topological polar surface area (TPSA) is 17.8 Å². The van der Waals surface area contributed by atoms with E-state index in [-0.39, 0.29) is 11.7 Å². The van der Waals surface area contributed by atoms with E-state index in [2.05, 4.69) is 50.8 Å². The summed E-state index contributed by atoms with van der Waals surface area (Å²) in [5.41, 5.74) is 2.96. The second kappa shape index (κ2) is 7.54. The first-order valence-electron chi connectivity index (χ1n) is 7.16. The van der Waals surface area contributed by atoms with E-state index in [9.17, 15) is 4.39 Å². The van der Waals surface area contributed by atoms with Crippen LogP contribution in [0.15, 0.2) is 28.7 Å². The molecular formula is C16H19Br2FN2. The third-order valence-electron chi connectivity index (χ3n) is 3.67. The van der Waals surface area contributed by atoms with E-state index in [1.54, 1.807) is 6.07 Å². The monoisotopic (exact) mass is 416 g/mol. The fraction of sp³-hybridized carbons (Fsp3) is 0.438. The molecule has 0 fully saturated rings. The Kier molecular flexibility index (Phi) is 5.99. The molecule has 5 heteroatoms. The van der Waals surface area contributed by atoms with E-state index in [0.29, 0.717) is 0 Å². The Bertz CT molecular complexity index is 610. The van der Waals surface area contributed by atoms with Gasteiger partial charge in [0.1, 0.15) is 5.82 Å². The molecule has 1 heterocycles. The molecule has 0 amide bonds. The molecule has 2 nitrogen and oxygen atoms in total. The molecule has 21 heavy (non-hydrogen) atoms. The van der Waals surface area contributed by atoms with Gasteiger partial charge in [0.15, 0.2) is 0 Å². The van der Waals surface area contributed by atoms with E-state index in [1.165, 1.54) is 6.07 Å². The predicted octanol–water partition coefficient (Wildman–Crippen LogP) is 5.09.